The van der Waals surface area contributed by atoms with Crippen LogP contribution >= 0.6 is 0 Å². The Bertz CT molecular complexity index is 296. The first-order chi connectivity index (χ1) is 5.11. The Labute approximate surface area is 113 Å². The number of carbonyl (C=O) groups is 1. The number of aromatic hydroxyl groups is 1. The molecule has 0 unspecified atom stereocenters. The summed E-state index contributed by atoms with van der Waals surface area (Å²) in [6.45, 7) is 1.74. The number of phenols is 1. The number of carboxylic acid groups (broad SMARTS) is 1. The smallest absolute Gasteiger partial charge is 0.545 e. The fourth-order valence-electron chi connectivity index (χ4n) is 0.813. The summed E-state index contributed by atoms with van der Waals surface area (Å²) in [5.74, 6) is -1.61. The minimum atomic E-state index is -1.36. The molecule has 0 saturated carbocycles. The van der Waals surface area contributed by atoms with Crippen molar-refractivity contribution in [2.45, 2.75) is 6.92 Å². The third-order valence-corrected chi connectivity index (χ3v) is 1.37. The topological polar surface area (TPSA) is 60.4 Å². The molecule has 0 heterocycles. The van der Waals surface area contributed by atoms with Gasteiger partial charge in [0.25, 0.3) is 0 Å². The molecule has 0 spiro atoms. The molecule has 12 heavy (non-hydrogen) atoms. The maximum Gasteiger partial charge on any atom is 1.00 e. The minimum absolute atomic E-state index is 0. The second-order valence-corrected chi connectivity index (χ2v) is 2.31. The molecule has 0 bridgehead atoms. The van der Waals surface area contributed by atoms with Gasteiger partial charge in [0.15, 0.2) is 0 Å². The van der Waals surface area contributed by atoms with Crippen LogP contribution in [0.4, 0.5) is 0 Å². The van der Waals surface area contributed by atoms with Gasteiger partial charge in [-0.2, -0.15) is 0 Å². The van der Waals surface area contributed by atoms with Crippen LogP contribution in [-0.4, -0.2) is 11.1 Å². The molecule has 0 fully saturated rings. The van der Waals surface area contributed by atoms with Gasteiger partial charge in [0.1, 0.15) is 5.75 Å². The Morgan fingerprint density at radius 2 is 2.08 bits per heavy atom. The molecule has 1 aromatic rings. The number of benzene rings is 1. The molecule has 1 aromatic carbocycles. The van der Waals surface area contributed by atoms with Gasteiger partial charge in [-0.1, -0.05) is 11.6 Å². The molecule has 0 aromatic heterocycles. The van der Waals surface area contributed by atoms with E-state index in [1.54, 1.807) is 13.0 Å². The van der Waals surface area contributed by atoms with Crippen molar-refractivity contribution in [1.82, 2.24) is 0 Å². The Kier molecular flexibility index (Phi) is 5.04. The summed E-state index contributed by atoms with van der Waals surface area (Å²) in [5, 5.41) is 19.3. The van der Waals surface area contributed by atoms with Crippen LogP contribution in [0, 0.1) is 6.92 Å². The zero-order chi connectivity index (χ0) is 8.43. The van der Waals surface area contributed by atoms with E-state index in [4.69, 9.17) is 5.11 Å². The van der Waals surface area contributed by atoms with E-state index in [0.717, 1.165) is 5.56 Å². The van der Waals surface area contributed by atoms with E-state index in [-0.39, 0.29) is 62.7 Å². The van der Waals surface area contributed by atoms with Crippen LogP contribution in [0.1, 0.15) is 15.9 Å². The minimum Gasteiger partial charge on any atom is -0.545 e. The molecule has 0 aliphatic rings. The van der Waals surface area contributed by atoms with E-state index in [1.807, 2.05) is 0 Å². The fraction of sp³-hybridized carbons (Fsp3) is 0.125. The molecular weight excluding hydrogens is 183 g/mol. The van der Waals surface area contributed by atoms with Gasteiger partial charge in [-0.15, -0.1) is 0 Å². The average molecular weight is 190 g/mol. The Balaban J connectivity index is 0.00000121. The molecule has 58 valence electrons. The van der Waals surface area contributed by atoms with Gasteiger partial charge in [0.05, 0.1) is 5.97 Å². The quantitative estimate of drug-likeness (QED) is 0.482. The van der Waals surface area contributed by atoms with Gasteiger partial charge in [-0.05, 0) is 19.1 Å². The standard InChI is InChI=1S/C8H8O3.K/c1-5-2-3-7(9)6(4-5)8(10)11;/h2-4,9H,1H3,(H,10,11);/q;+1/p-1. The third kappa shape index (κ3) is 2.88. The molecular formula is C8H7KO3. The number of carbonyl (C=O) groups excluding carboxylic acids is 1. The molecule has 0 amide bonds. The largest absolute Gasteiger partial charge is 1.00 e. The maximum atomic E-state index is 10.3. The van der Waals surface area contributed by atoms with Crippen LogP contribution in [-0.2, 0) is 0 Å². The van der Waals surface area contributed by atoms with Crippen LogP contribution < -0.4 is 56.5 Å². The predicted octanol–water partition coefficient (Wildman–Crippen LogP) is -2.93. The molecule has 0 radical (unpaired) electrons. The molecule has 3 nitrogen and oxygen atoms in total. The van der Waals surface area contributed by atoms with E-state index >= 15 is 0 Å². The van der Waals surface area contributed by atoms with Crippen LogP contribution in [0.2, 0.25) is 0 Å². The van der Waals surface area contributed by atoms with Crippen LogP contribution in [0.3, 0.4) is 0 Å². The number of hydrogen-bond donors (Lipinski definition) is 1. The van der Waals surface area contributed by atoms with Crippen LogP contribution in [0.25, 0.3) is 0 Å². The molecule has 0 aliphatic carbocycles. The molecule has 1 rings (SSSR count). The SMILES string of the molecule is Cc1ccc(O)c(C(=O)[O-])c1.[K+]. The second-order valence-electron chi connectivity index (χ2n) is 2.31. The number of carboxylic acids is 1. The van der Waals surface area contributed by atoms with Gasteiger partial charge in [0.2, 0.25) is 0 Å². The van der Waals surface area contributed by atoms with Crippen LogP contribution in [0.15, 0.2) is 18.2 Å². The number of aryl methyl sites for hydroxylation is 1. The number of hydrogen-bond acceptors (Lipinski definition) is 3. The molecule has 0 saturated heterocycles. The van der Waals surface area contributed by atoms with Gasteiger partial charge in [-0.3, -0.25) is 0 Å². The third-order valence-electron chi connectivity index (χ3n) is 1.37. The van der Waals surface area contributed by atoms with Crippen molar-refractivity contribution >= 4 is 5.97 Å². The van der Waals surface area contributed by atoms with Crippen molar-refractivity contribution in [2.24, 2.45) is 0 Å². The van der Waals surface area contributed by atoms with Crippen molar-refractivity contribution in [3.05, 3.63) is 29.3 Å². The van der Waals surface area contributed by atoms with E-state index < -0.39 is 5.97 Å². The average Bonchev–Trinajstić information content (AvgIpc) is 1.94. The summed E-state index contributed by atoms with van der Waals surface area (Å²) >= 11 is 0. The molecule has 4 heteroatoms. The predicted molar refractivity (Wildman–Crippen MR) is 37.2 cm³/mol. The summed E-state index contributed by atoms with van der Waals surface area (Å²) in [6, 6.07) is 4.33. The van der Waals surface area contributed by atoms with Crippen molar-refractivity contribution in [3.8, 4) is 5.75 Å². The van der Waals surface area contributed by atoms with E-state index in [1.165, 1.54) is 12.1 Å². The summed E-state index contributed by atoms with van der Waals surface area (Å²) in [4.78, 5) is 10.3. The van der Waals surface area contributed by atoms with Gasteiger partial charge in [0, 0.05) is 5.56 Å². The van der Waals surface area contributed by atoms with Crippen molar-refractivity contribution < 1.29 is 66.4 Å². The van der Waals surface area contributed by atoms with Crippen molar-refractivity contribution in [2.75, 3.05) is 0 Å². The monoisotopic (exact) mass is 190 g/mol. The van der Waals surface area contributed by atoms with Crippen molar-refractivity contribution in [3.63, 3.8) is 0 Å². The first-order valence-electron chi connectivity index (χ1n) is 3.12. The zero-order valence-electron chi connectivity index (χ0n) is 7.00. The number of aromatic carboxylic acids is 1. The maximum absolute atomic E-state index is 10.3. The van der Waals surface area contributed by atoms with Gasteiger partial charge < -0.3 is 15.0 Å². The molecule has 1 N–H and O–H groups in total. The molecule has 0 aliphatic heterocycles. The Morgan fingerprint density at radius 3 is 2.50 bits per heavy atom. The summed E-state index contributed by atoms with van der Waals surface area (Å²) < 4.78 is 0. The first-order valence-corrected chi connectivity index (χ1v) is 3.12. The fourth-order valence-corrected chi connectivity index (χ4v) is 0.813. The molecule has 0 atom stereocenters. The first kappa shape index (κ1) is 12.1. The van der Waals surface area contributed by atoms with E-state index in [2.05, 4.69) is 0 Å². The van der Waals surface area contributed by atoms with Crippen LogP contribution in [0.5, 0.6) is 5.75 Å². The van der Waals surface area contributed by atoms with E-state index in [0.29, 0.717) is 0 Å². The summed E-state index contributed by atoms with van der Waals surface area (Å²) in [6.07, 6.45) is 0. The normalized spacial score (nSPS) is 8.75. The van der Waals surface area contributed by atoms with Crippen molar-refractivity contribution in [1.29, 1.82) is 0 Å². The van der Waals surface area contributed by atoms with Gasteiger partial charge >= 0.3 is 51.4 Å². The number of rotatable bonds is 1. The second kappa shape index (κ2) is 4.99. The summed E-state index contributed by atoms with van der Waals surface area (Å²) in [5.41, 5.74) is 0.618. The van der Waals surface area contributed by atoms with E-state index in [9.17, 15) is 9.90 Å². The summed E-state index contributed by atoms with van der Waals surface area (Å²) in [7, 11) is 0. The Hall–Kier alpha value is 0.126. The van der Waals surface area contributed by atoms with Gasteiger partial charge in [-0.25, -0.2) is 0 Å². The zero-order valence-corrected chi connectivity index (χ0v) is 10.1. The Morgan fingerprint density at radius 1 is 1.50 bits per heavy atom.